The fourth-order valence-electron chi connectivity index (χ4n) is 5.77. The van der Waals surface area contributed by atoms with Gasteiger partial charge in [0.15, 0.2) is 5.82 Å². The number of nitrogens with zero attached hydrogens (tertiary/aromatic N) is 6. The van der Waals surface area contributed by atoms with Crippen LogP contribution in [-0.4, -0.2) is 56.9 Å². The van der Waals surface area contributed by atoms with Gasteiger partial charge in [-0.15, -0.1) is 10.2 Å². The zero-order valence-corrected chi connectivity index (χ0v) is 18.5. The number of rotatable bonds is 3. The Hall–Kier alpha value is -2.47. The molecular formula is C25H32N6. The maximum Gasteiger partial charge on any atom is 0.151 e. The number of piperidine rings is 2. The molecule has 0 bridgehead atoms. The second kappa shape index (κ2) is 7.59. The Morgan fingerprint density at radius 3 is 2.35 bits per heavy atom. The lowest BCUT2D eigenvalue weighted by Gasteiger charge is -2.50. The van der Waals surface area contributed by atoms with Gasteiger partial charge in [-0.3, -0.25) is 0 Å². The molecule has 6 heteroatoms. The van der Waals surface area contributed by atoms with Gasteiger partial charge in [-0.1, -0.05) is 12.5 Å². The summed E-state index contributed by atoms with van der Waals surface area (Å²) >= 11 is 0. The minimum Gasteiger partial charge on any atom is -0.355 e. The van der Waals surface area contributed by atoms with Gasteiger partial charge in [-0.2, -0.15) is 0 Å². The number of fused-ring (bicyclic) bond motifs is 1. The lowest BCUT2D eigenvalue weighted by atomic mass is 9.70. The quantitative estimate of drug-likeness (QED) is 0.638. The van der Waals surface area contributed by atoms with Gasteiger partial charge in [0.1, 0.15) is 0 Å². The lowest BCUT2D eigenvalue weighted by Crippen LogP contribution is -2.51. The summed E-state index contributed by atoms with van der Waals surface area (Å²) in [6.07, 6.45) is 11.5. The van der Waals surface area contributed by atoms with Gasteiger partial charge in [0, 0.05) is 31.7 Å². The Morgan fingerprint density at radius 1 is 0.903 bits per heavy atom. The van der Waals surface area contributed by atoms with E-state index in [2.05, 4.69) is 55.3 Å². The van der Waals surface area contributed by atoms with Gasteiger partial charge in [-0.25, -0.2) is 4.98 Å². The van der Waals surface area contributed by atoms with Crippen LogP contribution in [0, 0.1) is 5.41 Å². The molecule has 0 N–H and O–H groups in total. The zero-order chi connectivity index (χ0) is 20.8. The highest BCUT2D eigenvalue weighted by molar-refractivity contribution is 5.81. The van der Waals surface area contributed by atoms with Crippen LogP contribution in [-0.2, 0) is 7.05 Å². The topological polar surface area (TPSA) is 50.1 Å². The summed E-state index contributed by atoms with van der Waals surface area (Å²) in [4.78, 5) is 9.67. The Kier molecular flexibility index (Phi) is 4.71. The lowest BCUT2D eigenvalue weighted by molar-refractivity contribution is 0.0305. The smallest absolute Gasteiger partial charge is 0.151 e. The van der Waals surface area contributed by atoms with Crippen molar-refractivity contribution in [2.45, 2.75) is 51.0 Å². The molecule has 1 aliphatic carbocycles. The molecule has 2 aromatic heterocycles. The number of anilines is 1. The van der Waals surface area contributed by atoms with Crippen LogP contribution in [0.3, 0.4) is 0 Å². The molecule has 0 radical (unpaired) electrons. The van der Waals surface area contributed by atoms with E-state index in [9.17, 15) is 0 Å². The van der Waals surface area contributed by atoms with Gasteiger partial charge in [0.05, 0.1) is 23.1 Å². The van der Waals surface area contributed by atoms with E-state index < -0.39 is 0 Å². The van der Waals surface area contributed by atoms with Crippen molar-refractivity contribution in [1.82, 2.24) is 24.6 Å². The van der Waals surface area contributed by atoms with E-state index in [1.807, 2.05) is 17.9 Å². The van der Waals surface area contributed by atoms with Crippen molar-refractivity contribution in [2.75, 3.05) is 31.1 Å². The van der Waals surface area contributed by atoms with Crippen LogP contribution in [0.2, 0.25) is 0 Å². The monoisotopic (exact) mass is 416 g/mol. The molecule has 0 atom stereocenters. The first-order valence-electron chi connectivity index (χ1n) is 11.9. The molecule has 3 fully saturated rings. The fraction of sp³-hybridized carbons (Fsp3) is 0.560. The predicted molar refractivity (Wildman–Crippen MR) is 124 cm³/mol. The minimum absolute atomic E-state index is 0.572. The maximum atomic E-state index is 4.59. The summed E-state index contributed by atoms with van der Waals surface area (Å²) in [5, 5.41) is 9.15. The summed E-state index contributed by atoms with van der Waals surface area (Å²) in [7, 11) is 2.02. The SMILES string of the molecule is Cn1cnc2cc(-c3ccc(N4CCC5(CC4)CCN(C4CCC4)CC5)nn3)ccc21. The summed E-state index contributed by atoms with van der Waals surface area (Å²) in [6, 6.07) is 11.5. The average molecular weight is 417 g/mol. The molecule has 162 valence electrons. The van der Waals surface area contributed by atoms with Crippen molar-refractivity contribution in [1.29, 1.82) is 0 Å². The summed E-state index contributed by atoms with van der Waals surface area (Å²) < 4.78 is 2.04. The van der Waals surface area contributed by atoms with Crippen molar-refractivity contribution in [2.24, 2.45) is 12.5 Å². The molecule has 6 rings (SSSR count). The van der Waals surface area contributed by atoms with Crippen LogP contribution in [0.4, 0.5) is 5.82 Å². The molecular weight excluding hydrogens is 384 g/mol. The Balaban J connectivity index is 1.10. The molecule has 3 aromatic rings. The minimum atomic E-state index is 0.572. The third kappa shape index (κ3) is 3.51. The molecule has 2 saturated heterocycles. The summed E-state index contributed by atoms with van der Waals surface area (Å²) in [5.74, 6) is 1.02. The molecule has 31 heavy (non-hydrogen) atoms. The second-order valence-electron chi connectivity index (χ2n) is 9.94. The van der Waals surface area contributed by atoms with Gasteiger partial charge in [0.2, 0.25) is 0 Å². The van der Waals surface area contributed by atoms with Crippen LogP contribution in [0.5, 0.6) is 0 Å². The number of hydrogen-bond donors (Lipinski definition) is 0. The van der Waals surface area contributed by atoms with Gasteiger partial charge >= 0.3 is 0 Å². The normalized spacial score (nSPS) is 22.2. The van der Waals surface area contributed by atoms with E-state index >= 15 is 0 Å². The predicted octanol–water partition coefficient (Wildman–Crippen LogP) is 4.27. The van der Waals surface area contributed by atoms with Crippen LogP contribution in [0.1, 0.15) is 44.9 Å². The molecule has 3 aliphatic rings. The van der Waals surface area contributed by atoms with E-state index in [4.69, 9.17) is 0 Å². The van der Waals surface area contributed by atoms with Crippen molar-refractivity contribution >= 4 is 16.9 Å². The van der Waals surface area contributed by atoms with Crippen LogP contribution < -0.4 is 4.90 Å². The van der Waals surface area contributed by atoms with Gasteiger partial charge in [0.25, 0.3) is 0 Å². The van der Waals surface area contributed by atoms with Crippen LogP contribution in [0.25, 0.3) is 22.3 Å². The maximum absolute atomic E-state index is 4.59. The Bertz CT molecular complexity index is 1050. The van der Waals surface area contributed by atoms with E-state index in [-0.39, 0.29) is 0 Å². The van der Waals surface area contributed by atoms with Crippen molar-refractivity contribution in [3.05, 3.63) is 36.7 Å². The second-order valence-corrected chi connectivity index (χ2v) is 9.94. The number of aryl methyl sites for hydroxylation is 1. The van der Waals surface area contributed by atoms with E-state index in [1.54, 1.807) is 0 Å². The highest BCUT2D eigenvalue weighted by Crippen LogP contribution is 2.43. The fourth-order valence-corrected chi connectivity index (χ4v) is 5.77. The van der Waals surface area contributed by atoms with E-state index in [0.717, 1.165) is 47.2 Å². The third-order valence-corrected chi connectivity index (χ3v) is 8.27. The molecule has 2 aliphatic heterocycles. The number of aromatic nitrogens is 4. The first-order valence-corrected chi connectivity index (χ1v) is 11.9. The van der Waals surface area contributed by atoms with Crippen molar-refractivity contribution in [3.8, 4) is 11.3 Å². The first kappa shape index (κ1) is 19.2. The first-order chi connectivity index (χ1) is 15.2. The number of hydrogen-bond acceptors (Lipinski definition) is 5. The highest BCUT2D eigenvalue weighted by atomic mass is 15.3. The van der Waals surface area contributed by atoms with Crippen LogP contribution >= 0.6 is 0 Å². The summed E-state index contributed by atoms with van der Waals surface area (Å²) in [6.45, 7) is 4.86. The Labute approximate surface area is 184 Å². The van der Waals surface area contributed by atoms with Crippen molar-refractivity contribution in [3.63, 3.8) is 0 Å². The molecule has 6 nitrogen and oxygen atoms in total. The number of likely N-dealkylation sites (tertiary alicyclic amines) is 1. The van der Waals surface area contributed by atoms with E-state index in [0.29, 0.717) is 5.41 Å². The average Bonchev–Trinajstić information content (AvgIpc) is 3.15. The summed E-state index contributed by atoms with van der Waals surface area (Å²) in [5.41, 5.74) is 4.68. The molecule has 4 heterocycles. The molecule has 0 amide bonds. The van der Waals surface area contributed by atoms with Gasteiger partial charge < -0.3 is 14.4 Å². The molecule has 1 aromatic carbocycles. The number of imidazole rings is 1. The van der Waals surface area contributed by atoms with Gasteiger partial charge in [-0.05, 0) is 81.3 Å². The molecule has 1 saturated carbocycles. The largest absolute Gasteiger partial charge is 0.355 e. The van der Waals surface area contributed by atoms with E-state index in [1.165, 1.54) is 58.0 Å². The van der Waals surface area contributed by atoms with Crippen molar-refractivity contribution < 1.29 is 0 Å². The molecule has 0 unspecified atom stereocenters. The number of benzene rings is 1. The standard InChI is InChI=1S/C25H32N6/c1-29-18-26-22-17-19(5-7-23(22)29)21-6-8-24(28-27-21)31-15-11-25(12-16-31)9-13-30(14-10-25)20-3-2-4-20/h5-8,17-18,20H,2-4,9-16H2,1H3. The highest BCUT2D eigenvalue weighted by Gasteiger charge is 2.39. The molecule has 1 spiro atoms. The Morgan fingerprint density at radius 2 is 1.68 bits per heavy atom. The zero-order valence-electron chi connectivity index (χ0n) is 18.5. The third-order valence-electron chi connectivity index (χ3n) is 8.27. The van der Waals surface area contributed by atoms with Crippen LogP contribution in [0.15, 0.2) is 36.7 Å².